The van der Waals surface area contributed by atoms with E-state index in [-0.39, 0.29) is 5.78 Å². The van der Waals surface area contributed by atoms with Crippen LogP contribution in [0.15, 0.2) is 24.4 Å². The molecule has 2 aromatic rings. The Labute approximate surface area is 112 Å². The maximum atomic E-state index is 12.4. The van der Waals surface area contributed by atoms with Gasteiger partial charge in [-0.1, -0.05) is 25.7 Å². The Balaban J connectivity index is 1.91. The fourth-order valence-electron chi connectivity index (χ4n) is 3.01. The van der Waals surface area contributed by atoms with Crippen LogP contribution in [-0.4, -0.2) is 10.8 Å². The minimum absolute atomic E-state index is 0.202. The number of aromatic nitrogens is 1. The summed E-state index contributed by atoms with van der Waals surface area (Å²) in [6.45, 7) is 0. The normalized spacial score (nSPS) is 15.7. The lowest BCUT2D eigenvalue weighted by atomic mass is 9.96. The number of rotatable bonds is 3. The number of nitriles is 1. The van der Waals surface area contributed by atoms with E-state index in [0.717, 1.165) is 16.5 Å². The predicted molar refractivity (Wildman–Crippen MR) is 73.9 cm³/mol. The van der Waals surface area contributed by atoms with Gasteiger partial charge < -0.3 is 4.98 Å². The minimum atomic E-state index is 0.202. The Bertz CT molecular complexity index is 657. The molecule has 1 aliphatic rings. The molecule has 0 amide bonds. The van der Waals surface area contributed by atoms with Crippen LogP contribution in [0.3, 0.4) is 0 Å². The van der Waals surface area contributed by atoms with E-state index in [2.05, 4.69) is 11.1 Å². The summed E-state index contributed by atoms with van der Waals surface area (Å²) in [5.74, 6) is 0.754. The molecule has 1 aromatic carbocycles. The average Bonchev–Trinajstić information content (AvgIpc) is 3.06. The van der Waals surface area contributed by atoms with E-state index in [1.807, 2.05) is 6.07 Å². The van der Waals surface area contributed by atoms with Crippen LogP contribution in [0.1, 0.15) is 48.0 Å². The number of carbonyl (C=O) groups excluding carboxylic acids is 1. The molecule has 1 fully saturated rings. The summed E-state index contributed by atoms with van der Waals surface area (Å²) in [6.07, 6.45) is 7.29. The van der Waals surface area contributed by atoms with Gasteiger partial charge in [0.2, 0.25) is 0 Å². The van der Waals surface area contributed by atoms with Gasteiger partial charge in [-0.25, -0.2) is 0 Å². The molecule has 3 heteroatoms. The maximum absolute atomic E-state index is 12.4. The van der Waals surface area contributed by atoms with Crippen molar-refractivity contribution in [3.63, 3.8) is 0 Å². The smallest absolute Gasteiger partial charge is 0.165 e. The Morgan fingerprint density at radius 1 is 1.37 bits per heavy atom. The zero-order valence-corrected chi connectivity index (χ0v) is 10.8. The molecule has 3 nitrogen and oxygen atoms in total. The zero-order valence-electron chi connectivity index (χ0n) is 10.8. The molecule has 96 valence electrons. The summed E-state index contributed by atoms with van der Waals surface area (Å²) in [5, 5.41) is 9.83. The van der Waals surface area contributed by atoms with Gasteiger partial charge in [0.25, 0.3) is 0 Å². The van der Waals surface area contributed by atoms with E-state index in [1.165, 1.54) is 25.7 Å². The molecular formula is C16H16N2O. The van der Waals surface area contributed by atoms with Crippen molar-refractivity contribution in [2.45, 2.75) is 32.1 Å². The van der Waals surface area contributed by atoms with Gasteiger partial charge in [0.15, 0.2) is 5.78 Å². The number of hydrogen-bond acceptors (Lipinski definition) is 2. The number of ketones is 1. The molecule has 0 unspecified atom stereocenters. The van der Waals surface area contributed by atoms with Crippen LogP contribution in [0.4, 0.5) is 0 Å². The summed E-state index contributed by atoms with van der Waals surface area (Å²) in [7, 11) is 0. The third-order valence-electron chi connectivity index (χ3n) is 4.06. The highest BCUT2D eigenvalue weighted by Crippen LogP contribution is 2.30. The first kappa shape index (κ1) is 12.0. The van der Waals surface area contributed by atoms with E-state index >= 15 is 0 Å². The van der Waals surface area contributed by atoms with Crippen molar-refractivity contribution in [1.29, 1.82) is 5.26 Å². The third-order valence-corrected chi connectivity index (χ3v) is 4.06. The number of hydrogen-bond donors (Lipinski definition) is 1. The Morgan fingerprint density at radius 3 is 2.89 bits per heavy atom. The molecule has 0 atom stereocenters. The molecule has 0 saturated heterocycles. The highest BCUT2D eigenvalue weighted by molar-refractivity contribution is 6.08. The lowest BCUT2D eigenvalue weighted by Crippen LogP contribution is -2.05. The van der Waals surface area contributed by atoms with E-state index < -0.39 is 0 Å². The monoisotopic (exact) mass is 252 g/mol. The Kier molecular flexibility index (Phi) is 3.08. The second-order valence-corrected chi connectivity index (χ2v) is 5.35. The number of nitrogens with zero attached hydrogens (tertiary/aromatic N) is 1. The van der Waals surface area contributed by atoms with Crippen LogP contribution < -0.4 is 0 Å². The molecule has 1 heterocycles. The second kappa shape index (κ2) is 4.89. The molecule has 0 radical (unpaired) electrons. The van der Waals surface area contributed by atoms with Crippen molar-refractivity contribution in [2.75, 3.05) is 0 Å². The molecule has 1 N–H and O–H groups in total. The molecule has 0 aliphatic heterocycles. The highest BCUT2D eigenvalue weighted by atomic mass is 16.1. The standard InChI is InChI=1S/C16H16N2O/c17-9-12-5-6-15-13(7-12)14(10-18-15)16(19)8-11-3-1-2-4-11/h5-7,10-11,18H,1-4,8H2. The molecule has 1 saturated carbocycles. The molecule has 1 aromatic heterocycles. The van der Waals surface area contributed by atoms with Crippen LogP contribution in [0.5, 0.6) is 0 Å². The summed E-state index contributed by atoms with van der Waals surface area (Å²) in [5.41, 5.74) is 2.26. The second-order valence-electron chi connectivity index (χ2n) is 5.35. The average molecular weight is 252 g/mol. The molecule has 1 aliphatic carbocycles. The molecular weight excluding hydrogens is 236 g/mol. The summed E-state index contributed by atoms with van der Waals surface area (Å²) >= 11 is 0. The highest BCUT2D eigenvalue weighted by Gasteiger charge is 2.21. The minimum Gasteiger partial charge on any atom is -0.360 e. The van der Waals surface area contributed by atoms with Crippen molar-refractivity contribution in [3.05, 3.63) is 35.5 Å². The van der Waals surface area contributed by atoms with Gasteiger partial charge in [-0.15, -0.1) is 0 Å². The van der Waals surface area contributed by atoms with Gasteiger partial charge in [0.1, 0.15) is 0 Å². The Hall–Kier alpha value is -2.08. The van der Waals surface area contributed by atoms with Crippen molar-refractivity contribution < 1.29 is 4.79 Å². The van der Waals surface area contributed by atoms with Gasteiger partial charge in [0, 0.05) is 29.1 Å². The number of Topliss-reactive ketones (excluding diaryl/α,β-unsaturated/α-hetero) is 1. The summed E-state index contributed by atoms with van der Waals surface area (Å²) in [6, 6.07) is 7.55. The van der Waals surface area contributed by atoms with Crippen LogP contribution in [0.2, 0.25) is 0 Å². The quantitative estimate of drug-likeness (QED) is 0.844. The largest absolute Gasteiger partial charge is 0.360 e. The fraction of sp³-hybridized carbons (Fsp3) is 0.375. The zero-order chi connectivity index (χ0) is 13.2. The van der Waals surface area contributed by atoms with Gasteiger partial charge in [-0.3, -0.25) is 4.79 Å². The van der Waals surface area contributed by atoms with Gasteiger partial charge >= 0.3 is 0 Å². The molecule has 0 spiro atoms. The van der Waals surface area contributed by atoms with Crippen LogP contribution in [-0.2, 0) is 0 Å². The molecule has 0 bridgehead atoms. The lowest BCUT2D eigenvalue weighted by Gasteiger charge is -2.06. The number of aromatic amines is 1. The first-order valence-corrected chi connectivity index (χ1v) is 6.82. The van der Waals surface area contributed by atoms with Crippen molar-refractivity contribution in [3.8, 4) is 6.07 Å². The van der Waals surface area contributed by atoms with E-state index in [4.69, 9.17) is 5.26 Å². The van der Waals surface area contributed by atoms with Crippen molar-refractivity contribution in [2.24, 2.45) is 5.92 Å². The molecule has 3 rings (SSSR count). The number of benzene rings is 1. The predicted octanol–water partition coefficient (Wildman–Crippen LogP) is 3.80. The van der Waals surface area contributed by atoms with E-state index in [1.54, 1.807) is 18.3 Å². The van der Waals surface area contributed by atoms with Crippen LogP contribution >= 0.6 is 0 Å². The SMILES string of the molecule is N#Cc1ccc2[nH]cc(C(=O)CC3CCCC3)c2c1. The number of carbonyl (C=O) groups is 1. The summed E-state index contributed by atoms with van der Waals surface area (Å²) < 4.78 is 0. The lowest BCUT2D eigenvalue weighted by molar-refractivity contribution is 0.0964. The number of nitrogens with one attached hydrogen (secondary N) is 1. The van der Waals surface area contributed by atoms with Crippen molar-refractivity contribution >= 4 is 16.7 Å². The van der Waals surface area contributed by atoms with E-state index in [0.29, 0.717) is 17.9 Å². The first-order chi connectivity index (χ1) is 9.28. The van der Waals surface area contributed by atoms with Gasteiger partial charge in [-0.2, -0.15) is 5.26 Å². The third kappa shape index (κ3) is 2.26. The van der Waals surface area contributed by atoms with Gasteiger partial charge in [-0.05, 0) is 24.1 Å². The number of fused-ring (bicyclic) bond motifs is 1. The van der Waals surface area contributed by atoms with E-state index in [9.17, 15) is 4.79 Å². The van der Waals surface area contributed by atoms with Gasteiger partial charge in [0.05, 0.1) is 11.6 Å². The maximum Gasteiger partial charge on any atom is 0.165 e. The molecule has 19 heavy (non-hydrogen) atoms. The topological polar surface area (TPSA) is 56.6 Å². The Morgan fingerprint density at radius 2 is 2.16 bits per heavy atom. The van der Waals surface area contributed by atoms with Crippen LogP contribution in [0, 0.1) is 17.2 Å². The summed E-state index contributed by atoms with van der Waals surface area (Å²) in [4.78, 5) is 15.5. The fourth-order valence-corrected chi connectivity index (χ4v) is 3.01. The first-order valence-electron chi connectivity index (χ1n) is 6.82. The number of H-pyrrole nitrogens is 1. The van der Waals surface area contributed by atoms with Crippen molar-refractivity contribution in [1.82, 2.24) is 4.98 Å². The van der Waals surface area contributed by atoms with Crippen LogP contribution in [0.25, 0.3) is 10.9 Å².